The quantitative estimate of drug-likeness (QED) is 0.390. The highest BCUT2D eigenvalue weighted by Gasteiger charge is 2.25. The molecule has 4 rings (SSSR count). The summed E-state index contributed by atoms with van der Waals surface area (Å²) in [6.45, 7) is 5.61. The lowest BCUT2D eigenvalue weighted by Gasteiger charge is -2.37. The van der Waals surface area contributed by atoms with Crippen LogP contribution in [0.15, 0.2) is 39.9 Å². The number of furan rings is 1. The molecule has 32 heavy (non-hydrogen) atoms. The van der Waals surface area contributed by atoms with Gasteiger partial charge in [-0.05, 0) is 19.1 Å². The van der Waals surface area contributed by atoms with Gasteiger partial charge in [0.25, 0.3) is 5.56 Å². The first-order valence-corrected chi connectivity index (χ1v) is 10.6. The number of aryl methyl sites for hydroxylation is 1. The summed E-state index contributed by atoms with van der Waals surface area (Å²) < 4.78 is 18.7. The Balaban J connectivity index is 1.70. The van der Waals surface area contributed by atoms with Crippen molar-refractivity contribution >= 4 is 17.4 Å². The van der Waals surface area contributed by atoms with Crippen molar-refractivity contribution in [1.82, 2.24) is 19.4 Å². The fraction of sp³-hybridized carbons (Fsp3) is 0.435. The number of fused-ring (bicyclic) bond motifs is 1. The molecule has 9 heteroatoms. The molecule has 0 aromatic carbocycles. The van der Waals surface area contributed by atoms with Gasteiger partial charge in [0.05, 0.1) is 24.7 Å². The van der Waals surface area contributed by atoms with Crippen LogP contribution < -0.4 is 10.3 Å². The molecule has 4 heterocycles. The number of rotatable bonds is 8. The smallest absolute Gasteiger partial charge is 0.261 e. The topological polar surface area (TPSA) is 90.0 Å². The lowest BCUT2D eigenvalue weighted by Crippen LogP contribution is -2.50. The van der Waals surface area contributed by atoms with Gasteiger partial charge in [-0.15, -0.1) is 0 Å². The predicted octanol–water partition coefficient (Wildman–Crippen LogP) is 1.88. The zero-order valence-corrected chi connectivity index (χ0v) is 18.6. The third-order valence-corrected chi connectivity index (χ3v) is 5.83. The summed E-state index contributed by atoms with van der Waals surface area (Å²) in [6.07, 6.45) is 6.00. The molecular weight excluding hydrogens is 412 g/mol. The number of amides is 1. The van der Waals surface area contributed by atoms with Crippen molar-refractivity contribution in [2.75, 3.05) is 40.0 Å². The van der Waals surface area contributed by atoms with E-state index in [-0.39, 0.29) is 11.6 Å². The average molecular weight is 441 g/mol. The molecule has 0 bridgehead atoms. The molecule has 0 spiro atoms. The molecule has 1 saturated heterocycles. The number of aromatic nitrogens is 2. The van der Waals surface area contributed by atoms with Crippen molar-refractivity contribution in [3.05, 3.63) is 46.8 Å². The van der Waals surface area contributed by atoms with Gasteiger partial charge in [-0.1, -0.05) is 0 Å². The van der Waals surface area contributed by atoms with Gasteiger partial charge in [0.15, 0.2) is 0 Å². The lowest BCUT2D eigenvalue weighted by molar-refractivity contribution is -0.120. The Morgan fingerprint density at radius 2 is 2.12 bits per heavy atom. The summed E-state index contributed by atoms with van der Waals surface area (Å²) in [7, 11) is 3.35. The summed E-state index contributed by atoms with van der Waals surface area (Å²) in [5, 5.41) is 0.527. The van der Waals surface area contributed by atoms with E-state index in [1.807, 2.05) is 12.1 Å². The highest BCUT2D eigenvalue weighted by atomic mass is 16.5. The van der Waals surface area contributed by atoms with Gasteiger partial charge < -0.3 is 23.4 Å². The van der Waals surface area contributed by atoms with E-state index >= 15 is 0 Å². The van der Waals surface area contributed by atoms with Crippen molar-refractivity contribution in [2.45, 2.75) is 19.5 Å². The third kappa shape index (κ3) is 4.39. The second kappa shape index (κ2) is 9.54. The Labute approximate surface area is 186 Å². The molecular formula is C23H28N4O5. The van der Waals surface area contributed by atoms with Crippen LogP contribution in [0.3, 0.4) is 0 Å². The van der Waals surface area contributed by atoms with Gasteiger partial charge >= 0.3 is 0 Å². The number of hydrogen-bond donors (Lipinski definition) is 0. The highest BCUT2D eigenvalue weighted by Crippen LogP contribution is 2.35. The molecule has 0 saturated carbocycles. The first-order valence-electron chi connectivity index (χ1n) is 10.6. The molecule has 1 amide bonds. The second-order valence-corrected chi connectivity index (χ2v) is 8.05. The molecule has 0 N–H and O–H groups in total. The summed E-state index contributed by atoms with van der Waals surface area (Å²) in [5.74, 6) is 1.31. The molecule has 9 nitrogen and oxygen atoms in total. The first kappa shape index (κ1) is 22.0. The maximum atomic E-state index is 12.8. The van der Waals surface area contributed by atoms with E-state index in [1.165, 1.54) is 0 Å². The van der Waals surface area contributed by atoms with E-state index < -0.39 is 0 Å². The van der Waals surface area contributed by atoms with Crippen molar-refractivity contribution in [3.8, 4) is 16.9 Å². The van der Waals surface area contributed by atoms with Crippen molar-refractivity contribution in [2.24, 2.45) is 7.05 Å². The van der Waals surface area contributed by atoms with Crippen LogP contribution in [0, 0.1) is 0 Å². The Hall–Kier alpha value is -3.17. The normalized spacial score (nSPS) is 17.1. The van der Waals surface area contributed by atoms with E-state index in [1.54, 1.807) is 42.2 Å². The number of nitrogens with zero attached hydrogens (tertiary/aromatic N) is 4. The van der Waals surface area contributed by atoms with Gasteiger partial charge in [0, 0.05) is 63.4 Å². The molecule has 0 radical (unpaired) electrons. The number of carbonyl (C=O) groups is 1. The zero-order chi connectivity index (χ0) is 22.7. The minimum Gasteiger partial charge on any atom is -0.489 e. The van der Waals surface area contributed by atoms with E-state index in [0.717, 1.165) is 24.1 Å². The minimum absolute atomic E-state index is 0.117. The van der Waals surface area contributed by atoms with Gasteiger partial charge in [0.1, 0.15) is 23.7 Å². The van der Waals surface area contributed by atoms with Crippen molar-refractivity contribution < 1.29 is 18.7 Å². The fourth-order valence-corrected chi connectivity index (χ4v) is 4.08. The van der Waals surface area contributed by atoms with E-state index in [0.29, 0.717) is 55.3 Å². The van der Waals surface area contributed by atoms with E-state index in [9.17, 15) is 9.59 Å². The van der Waals surface area contributed by atoms with Crippen LogP contribution in [-0.2, 0) is 23.1 Å². The Kier molecular flexibility index (Phi) is 6.57. The molecule has 1 aliphatic rings. The monoisotopic (exact) mass is 440 g/mol. The standard InChI is InChI=1S/C23H28N4O5/c1-16-12-26(15-28)6-7-27(16)13-17-10-19-22(32-17)20(14-25(2)23(19)29)18-4-5-24-11-21(18)31-9-8-30-3/h4-5,10-11,14-16H,6-9,12-13H2,1-3H3. The van der Waals surface area contributed by atoms with Crippen molar-refractivity contribution in [1.29, 1.82) is 0 Å². The number of piperazine rings is 1. The summed E-state index contributed by atoms with van der Waals surface area (Å²) in [4.78, 5) is 32.1. The second-order valence-electron chi connectivity index (χ2n) is 8.05. The van der Waals surface area contributed by atoms with Gasteiger partial charge in [-0.25, -0.2) is 0 Å². The predicted molar refractivity (Wildman–Crippen MR) is 120 cm³/mol. The number of ether oxygens (including phenoxy) is 2. The molecule has 3 aromatic rings. The van der Waals surface area contributed by atoms with Crippen LogP contribution in [0.2, 0.25) is 0 Å². The summed E-state index contributed by atoms with van der Waals surface area (Å²) in [5.41, 5.74) is 1.98. The largest absolute Gasteiger partial charge is 0.489 e. The molecule has 1 aliphatic heterocycles. The van der Waals surface area contributed by atoms with Crippen LogP contribution in [0.25, 0.3) is 22.1 Å². The molecule has 3 aromatic heterocycles. The number of methoxy groups -OCH3 is 1. The maximum Gasteiger partial charge on any atom is 0.261 e. The Bertz CT molecular complexity index is 1150. The highest BCUT2D eigenvalue weighted by molar-refractivity contribution is 5.93. The van der Waals surface area contributed by atoms with Crippen LogP contribution in [0.1, 0.15) is 12.7 Å². The number of hydrogen-bond acceptors (Lipinski definition) is 7. The SMILES string of the molecule is COCCOc1cnccc1-c1cn(C)c(=O)c2cc(CN3CCN(C=O)CC3C)oc12. The number of carbonyl (C=O) groups excluding carboxylic acids is 1. The zero-order valence-electron chi connectivity index (χ0n) is 18.6. The number of pyridine rings is 2. The van der Waals surface area contributed by atoms with Crippen LogP contribution in [0.4, 0.5) is 0 Å². The Morgan fingerprint density at radius 3 is 2.88 bits per heavy atom. The molecule has 1 unspecified atom stereocenters. The molecule has 1 fully saturated rings. The van der Waals surface area contributed by atoms with E-state index in [4.69, 9.17) is 13.9 Å². The van der Waals surface area contributed by atoms with Crippen LogP contribution >= 0.6 is 0 Å². The maximum absolute atomic E-state index is 12.8. The van der Waals surface area contributed by atoms with Crippen LogP contribution in [0.5, 0.6) is 5.75 Å². The average Bonchev–Trinajstić information content (AvgIpc) is 3.22. The molecule has 1 atom stereocenters. The lowest BCUT2D eigenvalue weighted by atomic mass is 10.1. The van der Waals surface area contributed by atoms with Crippen molar-refractivity contribution in [3.63, 3.8) is 0 Å². The molecule has 0 aliphatic carbocycles. The first-order chi connectivity index (χ1) is 15.5. The van der Waals surface area contributed by atoms with Gasteiger partial charge in [-0.2, -0.15) is 0 Å². The van der Waals surface area contributed by atoms with Gasteiger partial charge in [0.2, 0.25) is 6.41 Å². The third-order valence-electron chi connectivity index (χ3n) is 5.83. The Morgan fingerprint density at radius 1 is 1.28 bits per heavy atom. The summed E-state index contributed by atoms with van der Waals surface area (Å²) in [6, 6.07) is 3.88. The molecule has 170 valence electrons. The van der Waals surface area contributed by atoms with E-state index in [2.05, 4.69) is 16.8 Å². The van der Waals surface area contributed by atoms with Crippen LogP contribution in [-0.4, -0.2) is 71.8 Å². The summed E-state index contributed by atoms with van der Waals surface area (Å²) >= 11 is 0. The minimum atomic E-state index is -0.117. The van der Waals surface area contributed by atoms with Gasteiger partial charge in [-0.3, -0.25) is 19.5 Å². The fourth-order valence-electron chi connectivity index (χ4n) is 4.08.